The number of likely N-dealkylation sites (tertiary alicyclic amines) is 1. The van der Waals surface area contributed by atoms with E-state index in [9.17, 15) is 4.79 Å². The third-order valence-electron chi connectivity index (χ3n) is 4.18. The van der Waals surface area contributed by atoms with Crippen LogP contribution < -0.4 is 0 Å². The quantitative estimate of drug-likeness (QED) is 0.800. The number of rotatable bonds is 4. The van der Waals surface area contributed by atoms with E-state index in [0.717, 1.165) is 13.1 Å². The number of amides is 1. The highest BCUT2D eigenvalue weighted by Gasteiger charge is 2.29. The van der Waals surface area contributed by atoms with Crippen molar-refractivity contribution in [1.82, 2.24) is 9.80 Å². The molecule has 5 heteroatoms. The monoisotopic (exact) mass is 270 g/mol. The molecule has 110 valence electrons. The normalized spacial score (nSPS) is 30.1. The predicted octanol–water partition coefficient (Wildman–Crippen LogP) is 0.327. The van der Waals surface area contributed by atoms with Gasteiger partial charge in [0.1, 0.15) is 6.61 Å². The fourth-order valence-corrected chi connectivity index (χ4v) is 2.99. The summed E-state index contributed by atoms with van der Waals surface area (Å²) in [5, 5.41) is 9.14. The molecule has 2 fully saturated rings. The second kappa shape index (κ2) is 6.68. The minimum absolute atomic E-state index is 0.00738. The summed E-state index contributed by atoms with van der Waals surface area (Å²) in [6, 6.07) is 0.577. The van der Waals surface area contributed by atoms with Crippen LogP contribution in [0.15, 0.2) is 0 Å². The van der Waals surface area contributed by atoms with E-state index in [-0.39, 0.29) is 25.2 Å². The number of morpholine rings is 1. The minimum Gasteiger partial charge on any atom is -0.394 e. The molecule has 0 bridgehead atoms. The van der Waals surface area contributed by atoms with Crippen molar-refractivity contribution < 1.29 is 14.6 Å². The molecule has 2 aliphatic heterocycles. The van der Waals surface area contributed by atoms with E-state index >= 15 is 0 Å². The standard InChI is InChI=1S/C14H26N2O3/c1-11(2)15-5-3-4-12(6-15)7-16-8-13(9-17)19-10-14(16)18/h11-13,17H,3-10H2,1-2H3. The van der Waals surface area contributed by atoms with Crippen LogP contribution in [0, 0.1) is 5.92 Å². The van der Waals surface area contributed by atoms with Gasteiger partial charge in [-0.15, -0.1) is 0 Å². The molecule has 0 aliphatic carbocycles. The zero-order valence-corrected chi connectivity index (χ0v) is 12.0. The summed E-state index contributed by atoms with van der Waals surface area (Å²) in [5.74, 6) is 0.615. The smallest absolute Gasteiger partial charge is 0.248 e. The lowest BCUT2D eigenvalue weighted by Crippen LogP contribution is -2.51. The number of piperidine rings is 1. The maximum atomic E-state index is 11.9. The molecule has 19 heavy (non-hydrogen) atoms. The van der Waals surface area contributed by atoms with Gasteiger partial charge in [-0.25, -0.2) is 0 Å². The van der Waals surface area contributed by atoms with Crippen LogP contribution >= 0.6 is 0 Å². The Morgan fingerprint density at radius 3 is 2.89 bits per heavy atom. The molecule has 1 amide bonds. The van der Waals surface area contributed by atoms with Crippen LogP contribution in [-0.4, -0.2) is 72.4 Å². The summed E-state index contributed by atoms with van der Waals surface area (Å²) in [4.78, 5) is 16.2. The van der Waals surface area contributed by atoms with Crippen LogP contribution in [0.1, 0.15) is 26.7 Å². The van der Waals surface area contributed by atoms with Gasteiger partial charge in [0.15, 0.2) is 0 Å². The Bertz CT molecular complexity index is 309. The summed E-state index contributed by atoms with van der Waals surface area (Å²) >= 11 is 0. The number of ether oxygens (including phenoxy) is 1. The van der Waals surface area contributed by atoms with E-state index < -0.39 is 0 Å². The fraction of sp³-hybridized carbons (Fsp3) is 0.929. The van der Waals surface area contributed by atoms with Gasteiger partial charge in [-0.3, -0.25) is 4.79 Å². The average Bonchev–Trinajstić information content (AvgIpc) is 2.41. The van der Waals surface area contributed by atoms with Crippen LogP contribution in [0.4, 0.5) is 0 Å². The zero-order valence-electron chi connectivity index (χ0n) is 12.0. The number of carbonyl (C=O) groups is 1. The number of aliphatic hydroxyl groups is 1. The van der Waals surface area contributed by atoms with Gasteiger partial charge in [-0.1, -0.05) is 0 Å². The molecule has 2 saturated heterocycles. The topological polar surface area (TPSA) is 53.0 Å². The molecule has 2 unspecified atom stereocenters. The molecule has 2 atom stereocenters. The van der Waals surface area contributed by atoms with Crippen LogP contribution in [0.25, 0.3) is 0 Å². The van der Waals surface area contributed by atoms with Gasteiger partial charge in [0.05, 0.1) is 12.7 Å². The lowest BCUT2D eigenvalue weighted by atomic mass is 9.96. The molecule has 0 aromatic rings. The van der Waals surface area contributed by atoms with Crippen LogP contribution in [-0.2, 0) is 9.53 Å². The molecule has 1 N–H and O–H groups in total. The Labute approximate surface area is 115 Å². The highest BCUT2D eigenvalue weighted by molar-refractivity contribution is 5.78. The van der Waals surface area contributed by atoms with Crippen molar-refractivity contribution in [1.29, 1.82) is 0 Å². The Hall–Kier alpha value is -0.650. The number of nitrogens with zero attached hydrogens (tertiary/aromatic N) is 2. The van der Waals surface area contributed by atoms with Crippen molar-refractivity contribution in [2.24, 2.45) is 5.92 Å². The van der Waals surface area contributed by atoms with Gasteiger partial charge in [0.2, 0.25) is 5.91 Å². The molecule has 0 radical (unpaired) electrons. The fourth-order valence-electron chi connectivity index (χ4n) is 2.99. The highest BCUT2D eigenvalue weighted by Crippen LogP contribution is 2.20. The van der Waals surface area contributed by atoms with Crippen LogP contribution in [0.3, 0.4) is 0 Å². The Morgan fingerprint density at radius 1 is 1.42 bits per heavy atom. The highest BCUT2D eigenvalue weighted by atomic mass is 16.5. The largest absolute Gasteiger partial charge is 0.394 e. The van der Waals surface area contributed by atoms with Crippen LogP contribution in [0.2, 0.25) is 0 Å². The summed E-state index contributed by atoms with van der Waals surface area (Å²) in [7, 11) is 0. The van der Waals surface area contributed by atoms with Crippen LogP contribution in [0.5, 0.6) is 0 Å². The van der Waals surface area contributed by atoms with Gasteiger partial charge < -0.3 is 19.6 Å². The maximum absolute atomic E-state index is 11.9. The number of aliphatic hydroxyl groups excluding tert-OH is 1. The number of carbonyl (C=O) groups excluding carboxylic acids is 1. The maximum Gasteiger partial charge on any atom is 0.248 e. The van der Waals surface area contributed by atoms with E-state index in [1.807, 2.05) is 4.90 Å². The van der Waals surface area contributed by atoms with E-state index in [1.54, 1.807) is 0 Å². The second-order valence-corrected chi connectivity index (χ2v) is 6.01. The molecular formula is C14H26N2O3. The predicted molar refractivity (Wildman–Crippen MR) is 72.8 cm³/mol. The van der Waals surface area contributed by atoms with Crippen molar-refractivity contribution >= 4 is 5.91 Å². The molecule has 2 rings (SSSR count). The third-order valence-corrected chi connectivity index (χ3v) is 4.18. The molecule has 0 aromatic heterocycles. The first-order valence-electron chi connectivity index (χ1n) is 7.34. The van der Waals surface area contributed by atoms with Gasteiger partial charge >= 0.3 is 0 Å². The van der Waals surface area contributed by atoms with Gasteiger partial charge in [-0.2, -0.15) is 0 Å². The third kappa shape index (κ3) is 3.91. The first-order valence-corrected chi connectivity index (χ1v) is 7.34. The van der Waals surface area contributed by atoms with E-state index in [1.165, 1.54) is 19.4 Å². The van der Waals surface area contributed by atoms with Crippen molar-refractivity contribution in [3.63, 3.8) is 0 Å². The zero-order chi connectivity index (χ0) is 13.8. The second-order valence-electron chi connectivity index (χ2n) is 6.01. The summed E-state index contributed by atoms with van der Waals surface area (Å²) in [5.41, 5.74) is 0. The minimum atomic E-state index is -0.206. The van der Waals surface area contributed by atoms with Crippen molar-refractivity contribution in [3.8, 4) is 0 Å². The first-order chi connectivity index (χ1) is 9.10. The molecule has 0 spiro atoms. The van der Waals surface area contributed by atoms with Gasteiger partial charge in [0.25, 0.3) is 0 Å². The van der Waals surface area contributed by atoms with E-state index in [2.05, 4.69) is 18.7 Å². The lowest BCUT2D eigenvalue weighted by molar-refractivity contribution is -0.152. The van der Waals surface area contributed by atoms with Gasteiger partial charge in [-0.05, 0) is 39.2 Å². The summed E-state index contributed by atoms with van der Waals surface area (Å²) in [6.45, 7) is 8.15. The summed E-state index contributed by atoms with van der Waals surface area (Å²) in [6.07, 6.45) is 2.20. The Balaban J connectivity index is 1.86. The molecule has 2 heterocycles. The molecule has 5 nitrogen and oxygen atoms in total. The van der Waals surface area contributed by atoms with Crippen molar-refractivity contribution in [3.05, 3.63) is 0 Å². The van der Waals surface area contributed by atoms with E-state index in [0.29, 0.717) is 18.5 Å². The van der Waals surface area contributed by atoms with Gasteiger partial charge in [0, 0.05) is 25.7 Å². The van der Waals surface area contributed by atoms with Crippen molar-refractivity contribution in [2.75, 3.05) is 39.4 Å². The SMILES string of the molecule is CC(C)N1CCCC(CN2CC(CO)OCC2=O)C1. The lowest BCUT2D eigenvalue weighted by Gasteiger charge is -2.39. The summed E-state index contributed by atoms with van der Waals surface area (Å²) < 4.78 is 5.27. The Kier molecular flexibility index (Phi) is 5.19. The molecule has 0 saturated carbocycles. The molecule has 0 aromatic carbocycles. The number of hydrogen-bond donors (Lipinski definition) is 1. The van der Waals surface area contributed by atoms with Crippen molar-refractivity contribution in [2.45, 2.75) is 38.8 Å². The Morgan fingerprint density at radius 2 is 2.21 bits per heavy atom. The van der Waals surface area contributed by atoms with E-state index in [4.69, 9.17) is 9.84 Å². The number of hydrogen-bond acceptors (Lipinski definition) is 4. The average molecular weight is 270 g/mol. The first kappa shape index (κ1) is 14.8. The molecular weight excluding hydrogens is 244 g/mol. The molecule has 2 aliphatic rings.